The minimum Gasteiger partial charge on any atom is -0.395 e. The molecule has 0 aromatic heterocycles. The third-order valence-electron chi connectivity index (χ3n) is 3.15. The molecule has 1 rings (SSSR count). The predicted octanol–water partition coefficient (Wildman–Crippen LogP) is 1.93. The van der Waals surface area contributed by atoms with E-state index in [1.165, 1.54) is 32.1 Å². The maximum atomic E-state index is 8.93. The zero-order valence-corrected chi connectivity index (χ0v) is 8.92. The van der Waals surface area contributed by atoms with Crippen molar-refractivity contribution in [2.24, 2.45) is 5.92 Å². The molecule has 2 nitrogen and oxygen atoms in total. The Morgan fingerprint density at radius 3 is 2.85 bits per heavy atom. The van der Waals surface area contributed by atoms with Crippen LogP contribution in [-0.4, -0.2) is 23.8 Å². The van der Waals surface area contributed by atoms with Gasteiger partial charge in [0.2, 0.25) is 0 Å². The molecule has 78 valence electrons. The average molecular weight is 185 g/mol. The Bertz CT molecular complexity index is 136. The van der Waals surface area contributed by atoms with E-state index in [1.807, 2.05) is 0 Å². The Morgan fingerprint density at radius 2 is 2.23 bits per heavy atom. The van der Waals surface area contributed by atoms with Gasteiger partial charge in [-0.05, 0) is 25.7 Å². The molecule has 0 heterocycles. The third-order valence-corrected chi connectivity index (χ3v) is 3.15. The fourth-order valence-electron chi connectivity index (χ4n) is 2.27. The topological polar surface area (TPSA) is 32.3 Å². The Morgan fingerprint density at radius 1 is 1.46 bits per heavy atom. The van der Waals surface area contributed by atoms with Crippen LogP contribution in [0.25, 0.3) is 0 Å². The van der Waals surface area contributed by atoms with Crippen LogP contribution in [0.3, 0.4) is 0 Å². The molecule has 2 heteroatoms. The molecule has 0 aliphatic heterocycles. The highest BCUT2D eigenvalue weighted by atomic mass is 16.3. The lowest BCUT2D eigenvalue weighted by atomic mass is 9.84. The molecule has 0 radical (unpaired) electrons. The van der Waals surface area contributed by atoms with E-state index in [2.05, 4.69) is 19.2 Å². The van der Waals surface area contributed by atoms with Crippen LogP contribution in [0.2, 0.25) is 0 Å². The molecule has 0 amide bonds. The van der Waals surface area contributed by atoms with Crippen LogP contribution in [0, 0.1) is 5.92 Å². The fraction of sp³-hybridized carbons (Fsp3) is 1.00. The third kappa shape index (κ3) is 3.65. The van der Waals surface area contributed by atoms with Crippen LogP contribution in [0.15, 0.2) is 0 Å². The summed E-state index contributed by atoms with van der Waals surface area (Å²) in [5, 5.41) is 12.4. The standard InChI is InChI=1S/C11H23NO/c1-3-10-5-4-6-11(7-10)12-9(2)8-13/h9-13H,3-8H2,1-2H3. The normalized spacial score (nSPS) is 31.6. The van der Waals surface area contributed by atoms with E-state index >= 15 is 0 Å². The van der Waals surface area contributed by atoms with Crippen molar-refractivity contribution in [3.63, 3.8) is 0 Å². The molecule has 1 aliphatic rings. The van der Waals surface area contributed by atoms with Gasteiger partial charge in [0.05, 0.1) is 6.61 Å². The first-order valence-corrected chi connectivity index (χ1v) is 5.63. The number of aliphatic hydroxyl groups excluding tert-OH is 1. The van der Waals surface area contributed by atoms with Crippen molar-refractivity contribution < 1.29 is 5.11 Å². The van der Waals surface area contributed by atoms with Gasteiger partial charge in [-0.1, -0.05) is 26.2 Å². The van der Waals surface area contributed by atoms with Gasteiger partial charge >= 0.3 is 0 Å². The van der Waals surface area contributed by atoms with E-state index in [0.29, 0.717) is 6.04 Å². The van der Waals surface area contributed by atoms with E-state index < -0.39 is 0 Å². The molecule has 0 aromatic carbocycles. The quantitative estimate of drug-likeness (QED) is 0.701. The Hall–Kier alpha value is -0.0800. The molecular formula is C11H23NO. The number of nitrogens with one attached hydrogen (secondary N) is 1. The highest BCUT2D eigenvalue weighted by Gasteiger charge is 2.21. The SMILES string of the molecule is CCC1CCCC(NC(C)CO)C1. The van der Waals surface area contributed by atoms with Crippen molar-refractivity contribution in [2.45, 2.75) is 58.0 Å². The van der Waals surface area contributed by atoms with Gasteiger partial charge in [-0.3, -0.25) is 0 Å². The second-order valence-corrected chi connectivity index (χ2v) is 4.39. The van der Waals surface area contributed by atoms with Crippen LogP contribution < -0.4 is 5.32 Å². The van der Waals surface area contributed by atoms with Crippen molar-refractivity contribution >= 4 is 0 Å². The highest BCUT2D eigenvalue weighted by molar-refractivity contribution is 4.79. The minimum absolute atomic E-state index is 0.257. The van der Waals surface area contributed by atoms with Gasteiger partial charge in [0.15, 0.2) is 0 Å². The minimum atomic E-state index is 0.257. The molecule has 13 heavy (non-hydrogen) atoms. The predicted molar refractivity (Wildman–Crippen MR) is 55.7 cm³/mol. The molecule has 2 N–H and O–H groups in total. The second kappa shape index (κ2) is 5.61. The summed E-state index contributed by atoms with van der Waals surface area (Å²) in [7, 11) is 0. The van der Waals surface area contributed by atoms with E-state index in [0.717, 1.165) is 5.92 Å². The zero-order valence-electron chi connectivity index (χ0n) is 8.92. The van der Waals surface area contributed by atoms with Crippen LogP contribution >= 0.6 is 0 Å². The molecule has 3 unspecified atom stereocenters. The number of aliphatic hydroxyl groups is 1. The van der Waals surface area contributed by atoms with Crippen molar-refractivity contribution in [1.29, 1.82) is 0 Å². The second-order valence-electron chi connectivity index (χ2n) is 4.39. The summed E-state index contributed by atoms with van der Waals surface area (Å²) in [5.74, 6) is 0.914. The molecule has 3 atom stereocenters. The van der Waals surface area contributed by atoms with Gasteiger partial charge in [0.25, 0.3) is 0 Å². The van der Waals surface area contributed by atoms with Gasteiger partial charge in [-0.25, -0.2) is 0 Å². The first-order chi connectivity index (χ1) is 6.26. The van der Waals surface area contributed by atoms with Gasteiger partial charge in [0.1, 0.15) is 0 Å². The maximum Gasteiger partial charge on any atom is 0.0582 e. The molecule has 1 saturated carbocycles. The molecule has 0 saturated heterocycles. The van der Waals surface area contributed by atoms with Crippen LogP contribution in [0.4, 0.5) is 0 Å². The summed E-state index contributed by atoms with van der Waals surface area (Å²) in [6.45, 7) is 4.59. The Labute approximate surface area is 81.7 Å². The van der Waals surface area contributed by atoms with E-state index in [-0.39, 0.29) is 12.6 Å². The summed E-state index contributed by atoms with van der Waals surface area (Å²) in [5.41, 5.74) is 0. The first-order valence-electron chi connectivity index (χ1n) is 5.63. The van der Waals surface area contributed by atoms with Crippen LogP contribution in [-0.2, 0) is 0 Å². The maximum absolute atomic E-state index is 8.93. The average Bonchev–Trinajstić information content (AvgIpc) is 2.18. The van der Waals surface area contributed by atoms with E-state index in [1.54, 1.807) is 0 Å². The molecule has 1 fully saturated rings. The van der Waals surface area contributed by atoms with E-state index in [9.17, 15) is 0 Å². The number of hydrogen-bond acceptors (Lipinski definition) is 2. The largest absolute Gasteiger partial charge is 0.395 e. The molecule has 0 aromatic rings. The Kier molecular flexibility index (Phi) is 4.74. The monoisotopic (exact) mass is 185 g/mol. The van der Waals surface area contributed by atoms with Crippen molar-refractivity contribution in [2.75, 3.05) is 6.61 Å². The summed E-state index contributed by atoms with van der Waals surface area (Å²) < 4.78 is 0. The van der Waals surface area contributed by atoms with E-state index in [4.69, 9.17) is 5.11 Å². The van der Waals surface area contributed by atoms with Crippen molar-refractivity contribution in [3.05, 3.63) is 0 Å². The fourth-order valence-corrected chi connectivity index (χ4v) is 2.27. The van der Waals surface area contributed by atoms with Gasteiger partial charge in [-0.2, -0.15) is 0 Å². The summed E-state index contributed by atoms with van der Waals surface area (Å²) in [4.78, 5) is 0. The molecule has 0 spiro atoms. The molecule has 0 bridgehead atoms. The lowest BCUT2D eigenvalue weighted by molar-refractivity contribution is 0.210. The summed E-state index contributed by atoms with van der Waals surface area (Å²) in [6.07, 6.45) is 6.67. The number of rotatable bonds is 4. The molecule has 1 aliphatic carbocycles. The first kappa shape index (κ1) is 11.0. The highest BCUT2D eigenvalue weighted by Crippen LogP contribution is 2.26. The zero-order chi connectivity index (χ0) is 9.68. The summed E-state index contributed by atoms with van der Waals surface area (Å²) in [6, 6.07) is 0.918. The van der Waals surface area contributed by atoms with Crippen molar-refractivity contribution in [3.8, 4) is 0 Å². The summed E-state index contributed by atoms with van der Waals surface area (Å²) >= 11 is 0. The lowest BCUT2D eigenvalue weighted by Gasteiger charge is -2.31. The van der Waals surface area contributed by atoms with Crippen LogP contribution in [0.5, 0.6) is 0 Å². The number of hydrogen-bond donors (Lipinski definition) is 2. The van der Waals surface area contributed by atoms with Gasteiger partial charge in [-0.15, -0.1) is 0 Å². The Balaban J connectivity index is 2.25. The van der Waals surface area contributed by atoms with Crippen LogP contribution in [0.1, 0.15) is 46.0 Å². The van der Waals surface area contributed by atoms with Gasteiger partial charge in [0, 0.05) is 12.1 Å². The molecular weight excluding hydrogens is 162 g/mol. The van der Waals surface area contributed by atoms with Crippen molar-refractivity contribution in [1.82, 2.24) is 5.32 Å². The van der Waals surface area contributed by atoms with Gasteiger partial charge < -0.3 is 10.4 Å². The lowest BCUT2D eigenvalue weighted by Crippen LogP contribution is -2.41. The smallest absolute Gasteiger partial charge is 0.0582 e.